The van der Waals surface area contributed by atoms with Crippen molar-refractivity contribution in [3.8, 4) is 0 Å². The molecule has 5 heteroatoms. The summed E-state index contributed by atoms with van der Waals surface area (Å²) >= 11 is 0. The zero-order valence-electron chi connectivity index (χ0n) is 8.98. The average Bonchev–Trinajstić information content (AvgIpc) is 2.66. The van der Waals surface area contributed by atoms with Crippen molar-refractivity contribution in [2.24, 2.45) is 7.05 Å². The summed E-state index contributed by atoms with van der Waals surface area (Å²) in [5.41, 5.74) is 0. The van der Waals surface area contributed by atoms with Gasteiger partial charge in [0.2, 0.25) is 0 Å². The Bertz CT molecular complexity index is 295. The number of aromatic nitrogens is 2. The number of hydrogen-bond acceptors (Lipinski definition) is 4. The number of imidazole rings is 1. The van der Waals surface area contributed by atoms with Crippen LogP contribution in [0.25, 0.3) is 0 Å². The molecule has 0 spiro atoms. The van der Waals surface area contributed by atoms with Gasteiger partial charge in [-0.25, -0.2) is 4.98 Å². The molecular formula is C10H17N3O2. The molecule has 1 unspecified atom stereocenters. The molecule has 0 aromatic carbocycles. The van der Waals surface area contributed by atoms with Crippen LogP contribution in [0.4, 0.5) is 0 Å². The zero-order valence-corrected chi connectivity index (χ0v) is 8.98. The molecule has 0 amide bonds. The van der Waals surface area contributed by atoms with Gasteiger partial charge in [-0.3, -0.25) is 0 Å². The Morgan fingerprint density at radius 1 is 1.67 bits per heavy atom. The molecule has 1 atom stereocenters. The van der Waals surface area contributed by atoms with Crippen LogP contribution in [-0.2, 0) is 23.1 Å². The summed E-state index contributed by atoms with van der Waals surface area (Å²) in [5, 5.41) is 3.33. The van der Waals surface area contributed by atoms with Gasteiger partial charge >= 0.3 is 0 Å². The molecule has 1 saturated heterocycles. The van der Waals surface area contributed by atoms with Gasteiger partial charge in [0.15, 0.2) is 0 Å². The molecule has 1 aliphatic heterocycles. The van der Waals surface area contributed by atoms with Crippen LogP contribution in [0.15, 0.2) is 12.4 Å². The van der Waals surface area contributed by atoms with Gasteiger partial charge in [-0.15, -0.1) is 0 Å². The van der Waals surface area contributed by atoms with Gasteiger partial charge in [-0.1, -0.05) is 0 Å². The molecule has 84 valence electrons. The minimum atomic E-state index is 0.277. The van der Waals surface area contributed by atoms with E-state index in [0.29, 0.717) is 6.79 Å². The fourth-order valence-electron chi connectivity index (χ4n) is 1.57. The predicted octanol–water partition coefficient (Wildman–Crippen LogP) is 0.273. The van der Waals surface area contributed by atoms with Crippen LogP contribution in [0.5, 0.6) is 0 Å². The molecule has 2 heterocycles. The van der Waals surface area contributed by atoms with E-state index in [1.807, 2.05) is 24.0 Å². The number of nitrogens with one attached hydrogen (secondary N) is 1. The van der Waals surface area contributed by atoms with Crippen LogP contribution in [0.2, 0.25) is 0 Å². The van der Waals surface area contributed by atoms with Gasteiger partial charge in [0, 0.05) is 26.0 Å². The van der Waals surface area contributed by atoms with Crippen molar-refractivity contribution in [1.29, 1.82) is 0 Å². The predicted molar refractivity (Wildman–Crippen MR) is 55.2 cm³/mol. The third-order valence-corrected chi connectivity index (χ3v) is 2.55. The third kappa shape index (κ3) is 3.02. The highest BCUT2D eigenvalue weighted by atomic mass is 16.7. The molecule has 0 bridgehead atoms. The molecule has 0 saturated carbocycles. The number of rotatable bonds is 4. The topological polar surface area (TPSA) is 48.3 Å². The molecular weight excluding hydrogens is 194 g/mol. The van der Waals surface area contributed by atoms with E-state index in [0.717, 1.165) is 31.9 Å². The van der Waals surface area contributed by atoms with Crippen molar-refractivity contribution in [3.05, 3.63) is 18.2 Å². The molecule has 0 aliphatic carbocycles. The molecule has 1 aliphatic rings. The first-order valence-electron chi connectivity index (χ1n) is 5.22. The highest BCUT2D eigenvalue weighted by Gasteiger charge is 2.13. The Morgan fingerprint density at radius 3 is 3.27 bits per heavy atom. The summed E-state index contributed by atoms with van der Waals surface area (Å²) in [4.78, 5) is 4.23. The number of aryl methyl sites for hydroxylation is 1. The van der Waals surface area contributed by atoms with Crippen LogP contribution >= 0.6 is 0 Å². The fraction of sp³-hybridized carbons (Fsp3) is 0.700. The lowest BCUT2D eigenvalue weighted by Gasteiger charge is -2.22. The smallest absolute Gasteiger partial charge is 0.147 e. The lowest BCUT2D eigenvalue weighted by Crippen LogP contribution is -2.34. The maximum Gasteiger partial charge on any atom is 0.147 e. The summed E-state index contributed by atoms with van der Waals surface area (Å²) < 4.78 is 12.5. The molecule has 0 radical (unpaired) electrons. The van der Waals surface area contributed by atoms with Gasteiger partial charge in [0.1, 0.15) is 12.6 Å². The van der Waals surface area contributed by atoms with Crippen molar-refractivity contribution in [2.45, 2.75) is 19.1 Å². The third-order valence-electron chi connectivity index (χ3n) is 2.55. The number of ether oxygens (including phenoxy) is 2. The van der Waals surface area contributed by atoms with E-state index < -0.39 is 0 Å². The Balaban J connectivity index is 1.68. The lowest BCUT2D eigenvalue weighted by atomic mass is 10.2. The van der Waals surface area contributed by atoms with Crippen molar-refractivity contribution < 1.29 is 9.47 Å². The van der Waals surface area contributed by atoms with E-state index in [1.165, 1.54) is 0 Å². The van der Waals surface area contributed by atoms with E-state index in [4.69, 9.17) is 9.47 Å². The molecule has 1 aromatic rings. The molecule has 1 aromatic heterocycles. The summed E-state index contributed by atoms with van der Waals surface area (Å²) in [7, 11) is 2.00. The highest BCUT2D eigenvalue weighted by Crippen LogP contribution is 2.04. The van der Waals surface area contributed by atoms with E-state index in [1.54, 1.807) is 0 Å². The highest BCUT2D eigenvalue weighted by molar-refractivity contribution is 4.90. The molecule has 15 heavy (non-hydrogen) atoms. The van der Waals surface area contributed by atoms with Crippen molar-refractivity contribution >= 4 is 0 Å². The maximum absolute atomic E-state index is 5.42. The lowest BCUT2D eigenvalue weighted by molar-refractivity contribution is -0.137. The average molecular weight is 211 g/mol. The minimum absolute atomic E-state index is 0.277. The van der Waals surface area contributed by atoms with Crippen molar-refractivity contribution in [3.63, 3.8) is 0 Å². The van der Waals surface area contributed by atoms with Crippen LogP contribution in [0.1, 0.15) is 12.2 Å². The van der Waals surface area contributed by atoms with E-state index in [2.05, 4.69) is 10.3 Å². The first-order valence-corrected chi connectivity index (χ1v) is 5.22. The van der Waals surface area contributed by atoms with Crippen LogP contribution in [-0.4, -0.2) is 35.6 Å². The quantitative estimate of drug-likeness (QED) is 0.776. The minimum Gasteiger partial charge on any atom is -0.355 e. The van der Waals surface area contributed by atoms with Gasteiger partial charge in [-0.05, 0) is 6.42 Å². The second-order valence-electron chi connectivity index (χ2n) is 3.69. The second kappa shape index (κ2) is 5.25. The van der Waals surface area contributed by atoms with Crippen molar-refractivity contribution in [1.82, 2.24) is 14.9 Å². The Hall–Kier alpha value is -0.910. The normalized spacial score (nSPS) is 21.8. The Morgan fingerprint density at radius 2 is 2.60 bits per heavy atom. The SMILES string of the molecule is Cn1ccnc1CNCC1CCOCO1. The van der Waals surface area contributed by atoms with Gasteiger partial charge < -0.3 is 19.4 Å². The van der Waals surface area contributed by atoms with Gasteiger partial charge in [0.25, 0.3) is 0 Å². The summed E-state index contributed by atoms with van der Waals surface area (Å²) in [5.74, 6) is 1.04. The van der Waals surface area contributed by atoms with E-state index in [9.17, 15) is 0 Å². The Kier molecular flexibility index (Phi) is 3.71. The maximum atomic E-state index is 5.42. The van der Waals surface area contributed by atoms with E-state index in [-0.39, 0.29) is 6.10 Å². The summed E-state index contributed by atoms with van der Waals surface area (Å²) in [6, 6.07) is 0. The fourth-order valence-corrected chi connectivity index (χ4v) is 1.57. The van der Waals surface area contributed by atoms with Gasteiger partial charge in [-0.2, -0.15) is 0 Å². The standard InChI is InChI=1S/C10H17N3O2/c1-13-4-3-12-10(13)7-11-6-9-2-5-14-8-15-9/h3-4,9,11H,2,5-8H2,1H3. The monoisotopic (exact) mass is 211 g/mol. The zero-order chi connectivity index (χ0) is 10.5. The largest absolute Gasteiger partial charge is 0.355 e. The molecule has 1 fully saturated rings. The second-order valence-corrected chi connectivity index (χ2v) is 3.69. The van der Waals surface area contributed by atoms with E-state index >= 15 is 0 Å². The first-order chi connectivity index (χ1) is 7.36. The van der Waals surface area contributed by atoms with Gasteiger partial charge in [0.05, 0.1) is 19.3 Å². The summed E-state index contributed by atoms with van der Waals surface area (Å²) in [6.07, 6.45) is 5.00. The van der Waals surface area contributed by atoms with Crippen LogP contribution in [0.3, 0.4) is 0 Å². The molecule has 5 nitrogen and oxygen atoms in total. The molecule has 1 N–H and O–H groups in total. The number of nitrogens with zero attached hydrogens (tertiary/aromatic N) is 2. The van der Waals surface area contributed by atoms with Crippen LogP contribution in [0, 0.1) is 0 Å². The Labute approximate surface area is 89.4 Å². The van der Waals surface area contributed by atoms with Crippen LogP contribution < -0.4 is 5.32 Å². The first kappa shape index (κ1) is 10.6. The van der Waals surface area contributed by atoms with Crippen molar-refractivity contribution in [2.75, 3.05) is 19.9 Å². The summed E-state index contributed by atoms with van der Waals surface area (Å²) in [6.45, 7) is 2.87. The molecule has 2 rings (SSSR count). The number of hydrogen-bond donors (Lipinski definition) is 1.